The molecule has 2 atom stereocenters. The number of rotatable bonds is 5. The topological polar surface area (TPSA) is 17.8 Å². The Morgan fingerprint density at radius 2 is 1.51 bits per heavy atom. The Bertz CT molecular complexity index is 3280. The lowest BCUT2D eigenvalue weighted by Crippen LogP contribution is -2.33. The van der Waals surface area contributed by atoms with Gasteiger partial charge >= 0.3 is 0 Å². The quantitative estimate of drug-likeness (QED) is 0.160. The first kappa shape index (κ1) is 34.5. The summed E-state index contributed by atoms with van der Waals surface area (Å²) in [6.45, 7) is 0. The lowest BCUT2D eigenvalue weighted by Gasteiger charge is -2.24. The standard InChI is InChI=1S/C57H46N2/c1-3-15-39(16-4-1)55-46-21-9-10-22-47(46)56(48-23-13-19-42-34-43-27-26-38-14-7-8-20-45(38)50(43)36-51(42)48)49-33-30-41(35-52(49)55)37-28-31-44(32-29-37)59-54-25-12-11-24-53(54)58-57(59)40-17-5-2-6-18-40/h1,3,5,8-13,15,17-25,27-28,30-38H,2,4,6-7,14,16,26,29H2. The molecule has 0 radical (unpaired) electrons. The molecule has 1 heterocycles. The molecule has 0 amide bonds. The van der Waals surface area contributed by atoms with E-state index in [2.05, 4.69) is 175 Å². The molecule has 59 heavy (non-hydrogen) atoms. The predicted octanol–water partition coefficient (Wildman–Crippen LogP) is 13.5. The molecular weight excluding hydrogens is 713 g/mol. The van der Waals surface area contributed by atoms with Gasteiger partial charge in [0.2, 0.25) is 0 Å². The van der Waals surface area contributed by atoms with E-state index in [-0.39, 0.29) is 5.92 Å². The molecule has 0 spiro atoms. The van der Waals surface area contributed by atoms with Crippen LogP contribution in [0.2, 0.25) is 0 Å². The van der Waals surface area contributed by atoms with Crippen LogP contribution in [-0.4, -0.2) is 9.55 Å². The summed E-state index contributed by atoms with van der Waals surface area (Å²) in [6, 6.07) is 37.1. The summed E-state index contributed by atoms with van der Waals surface area (Å²) in [4.78, 5) is 5.15. The molecule has 0 saturated carbocycles. The normalized spacial score (nSPS) is 19.8. The van der Waals surface area contributed by atoms with Crippen molar-refractivity contribution in [1.82, 2.24) is 9.55 Å². The zero-order valence-corrected chi connectivity index (χ0v) is 33.4. The van der Waals surface area contributed by atoms with Crippen molar-refractivity contribution in [2.24, 2.45) is 5.92 Å². The summed E-state index contributed by atoms with van der Waals surface area (Å²) in [7, 11) is 0. The fraction of sp³-hybridized carbons (Fsp3) is 0.175. The van der Waals surface area contributed by atoms with Crippen LogP contribution in [0.1, 0.15) is 74.2 Å². The van der Waals surface area contributed by atoms with Crippen LogP contribution >= 0.6 is 0 Å². The van der Waals surface area contributed by atoms with Crippen molar-refractivity contribution in [2.45, 2.75) is 57.3 Å². The van der Waals surface area contributed by atoms with E-state index in [1.54, 1.807) is 0 Å². The largest absolute Gasteiger partial charge is 0.293 e. The van der Waals surface area contributed by atoms with Crippen LogP contribution in [0, 0.1) is 5.92 Å². The van der Waals surface area contributed by atoms with E-state index in [1.807, 2.05) is 0 Å². The lowest BCUT2D eigenvalue weighted by atomic mass is 9.80. The van der Waals surface area contributed by atoms with Gasteiger partial charge in [-0.3, -0.25) is 4.57 Å². The number of fused-ring (bicyclic) bond motifs is 6. The number of imidazole rings is 1. The first-order valence-corrected chi connectivity index (χ1v) is 21.8. The number of aromatic nitrogens is 2. The number of benzene rings is 6. The van der Waals surface area contributed by atoms with Crippen molar-refractivity contribution >= 4 is 71.8 Å². The molecule has 284 valence electrons. The Morgan fingerprint density at radius 3 is 2.37 bits per heavy atom. The molecule has 0 bridgehead atoms. The van der Waals surface area contributed by atoms with Gasteiger partial charge in [0.15, 0.2) is 0 Å². The third-order valence-electron chi connectivity index (χ3n) is 13.6. The second kappa shape index (κ2) is 14.1. The summed E-state index contributed by atoms with van der Waals surface area (Å²) in [5, 5.41) is 10.8. The summed E-state index contributed by atoms with van der Waals surface area (Å²) < 4.78 is 2.37. The van der Waals surface area contributed by atoms with Gasteiger partial charge in [-0.15, -0.1) is 0 Å². The van der Waals surface area contributed by atoms with E-state index in [0.29, 0.717) is 5.92 Å². The van der Waals surface area contributed by atoms with Crippen molar-refractivity contribution in [3.8, 4) is 11.1 Å². The van der Waals surface area contributed by atoms with Gasteiger partial charge in [-0.25, -0.2) is 4.98 Å². The number of nitrogens with zero attached hydrogens (tertiary/aromatic N) is 2. The average Bonchev–Trinajstić information content (AvgIpc) is 3.70. The molecule has 5 aliphatic rings. The minimum Gasteiger partial charge on any atom is -0.293 e. The molecular formula is C57H46N2. The number of hydrogen-bond donors (Lipinski definition) is 0. The van der Waals surface area contributed by atoms with E-state index in [0.717, 1.165) is 55.4 Å². The van der Waals surface area contributed by atoms with Crippen molar-refractivity contribution in [2.75, 3.05) is 0 Å². The molecule has 0 N–H and O–H groups in total. The number of hydrogen-bond acceptors (Lipinski definition) is 1. The van der Waals surface area contributed by atoms with Crippen LogP contribution in [0.3, 0.4) is 0 Å². The first-order valence-electron chi connectivity index (χ1n) is 21.8. The van der Waals surface area contributed by atoms with Crippen LogP contribution in [0.5, 0.6) is 0 Å². The van der Waals surface area contributed by atoms with Crippen molar-refractivity contribution in [3.05, 3.63) is 191 Å². The smallest absolute Gasteiger partial charge is 0.145 e. The van der Waals surface area contributed by atoms with Gasteiger partial charge in [0, 0.05) is 17.2 Å². The van der Waals surface area contributed by atoms with Crippen LogP contribution in [0.15, 0.2) is 164 Å². The van der Waals surface area contributed by atoms with E-state index < -0.39 is 0 Å². The summed E-state index contributed by atoms with van der Waals surface area (Å²) in [5.74, 6) is 1.93. The molecule has 5 aliphatic carbocycles. The second-order valence-electron chi connectivity index (χ2n) is 17.0. The maximum atomic E-state index is 5.15. The molecule has 0 fully saturated rings. The molecule has 12 rings (SSSR count). The third-order valence-corrected chi connectivity index (χ3v) is 13.6. The Balaban J connectivity index is 1.03. The lowest BCUT2D eigenvalue weighted by molar-refractivity contribution is 0.619. The minimum absolute atomic E-state index is 0.270. The Hall–Kier alpha value is -6.51. The Labute approximate surface area is 345 Å². The van der Waals surface area contributed by atoms with Gasteiger partial charge in [0.05, 0.1) is 11.0 Å². The fourth-order valence-electron chi connectivity index (χ4n) is 10.8. The van der Waals surface area contributed by atoms with E-state index in [1.165, 1.54) is 100 Å². The van der Waals surface area contributed by atoms with Gasteiger partial charge in [-0.1, -0.05) is 134 Å². The third kappa shape index (κ3) is 5.72. The fourth-order valence-corrected chi connectivity index (χ4v) is 10.8. The highest BCUT2D eigenvalue weighted by Crippen LogP contribution is 2.46. The van der Waals surface area contributed by atoms with Crippen molar-refractivity contribution in [3.63, 3.8) is 0 Å². The highest BCUT2D eigenvalue weighted by molar-refractivity contribution is 6.21. The average molecular weight is 759 g/mol. The van der Waals surface area contributed by atoms with Crippen LogP contribution in [0.25, 0.3) is 83.0 Å². The predicted molar refractivity (Wildman–Crippen MR) is 251 cm³/mol. The zero-order chi connectivity index (χ0) is 38.9. The molecule has 2 unspecified atom stereocenters. The van der Waals surface area contributed by atoms with Crippen molar-refractivity contribution < 1.29 is 0 Å². The van der Waals surface area contributed by atoms with E-state index in [4.69, 9.17) is 4.98 Å². The van der Waals surface area contributed by atoms with Crippen molar-refractivity contribution in [1.29, 1.82) is 0 Å². The highest BCUT2D eigenvalue weighted by Gasteiger charge is 2.24. The highest BCUT2D eigenvalue weighted by atomic mass is 15.1. The van der Waals surface area contributed by atoms with E-state index in [9.17, 15) is 0 Å². The summed E-state index contributed by atoms with van der Waals surface area (Å²) >= 11 is 0. The summed E-state index contributed by atoms with van der Waals surface area (Å²) in [5.41, 5.74) is 13.0. The molecule has 6 aromatic carbocycles. The van der Waals surface area contributed by atoms with Gasteiger partial charge < -0.3 is 0 Å². The number of para-hydroxylation sites is 2. The van der Waals surface area contributed by atoms with Gasteiger partial charge in [0.25, 0.3) is 0 Å². The Kier molecular flexibility index (Phi) is 8.25. The SMILES string of the molecule is C1=CCCC(c2c3ccccc3c(-c3cccc4cc5c(cc34)=C3C=CCCC3CC=5)c3ccc(C4C=CC(n5c(C6=CCCC=C6)nc6ccccc65)=CC4)cc23)=C1. The van der Waals surface area contributed by atoms with Gasteiger partial charge in [-0.2, -0.15) is 0 Å². The second-order valence-corrected chi connectivity index (χ2v) is 17.0. The molecule has 1 aromatic heterocycles. The van der Waals surface area contributed by atoms with Gasteiger partial charge in [0.1, 0.15) is 5.82 Å². The molecule has 7 aromatic rings. The van der Waals surface area contributed by atoms with E-state index >= 15 is 0 Å². The Morgan fingerprint density at radius 1 is 0.627 bits per heavy atom. The van der Waals surface area contributed by atoms with Crippen LogP contribution < -0.4 is 10.4 Å². The van der Waals surface area contributed by atoms with Gasteiger partial charge in [-0.05, 0) is 170 Å². The first-order chi connectivity index (χ1) is 29.3. The van der Waals surface area contributed by atoms with Crippen LogP contribution in [-0.2, 0) is 0 Å². The number of allylic oxidation sites excluding steroid dienone is 14. The molecule has 0 aliphatic heterocycles. The molecule has 2 heteroatoms. The minimum atomic E-state index is 0.270. The molecule has 0 saturated heterocycles. The maximum absolute atomic E-state index is 5.15. The molecule has 2 nitrogen and oxygen atoms in total. The van der Waals surface area contributed by atoms with Crippen LogP contribution in [0.4, 0.5) is 0 Å². The maximum Gasteiger partial charge on any atom is 0.145 e. The monoisotopic (exact) mass is 758 g/mol. The zero-order valence-electron chi connectivity index (χ0n) is 33.4. The summed E-state index contributed by atoms with van der Waals surface area (Å²) in [6.07, 6.45) is 37.0.